The molecular weight excluding hydrogens is 294 g/mol. The summed E-state index contributed by atoms with van der Waals surface area (Å²) in [5, 5.41) is 11.0. The summed E-state index contributed by atoms with van der Waals surface area (Å²) in [4.78, 5) is 34.4. The van der Waals surface area contributed by atoms with Crippen LogP contribution in [0.3, 0.4) is 0 Å². The van der Waals surface area contributed by atoms with Gasteiger partial charge in [-0.3, -0.25) is 10.1 Å². The molecule has 8 nitrogen and oxygen atoms in total. The minimum atomic E-state index is -2.13. The topological polar surface area (TPSA) is 105 Å². The molecule has 0 heterocycles. The molecule has 0 saturated heterocycles. The molecule has 120 valence electrons. The number of nitro groups is 1. The summed E-state index contributed by atoms with van der Waals surface area (Å²) in [5.74, 6) is -2.19. The molecule has 0 N–H and O–H groups in total. The van der Waals surface area contributed by atoms with E-state index in [0.717, 1.165) is 6.92 Å². The molecule has 0 fully saturated rings. The largest absolute Gasteiger partial charge is 0.463 e. The average molecular weight is 311 g/mol. The lowest BCUT2D eigenvalue weighted by Gasteiger charge is -2.25. The highest BCUT2D eigenvalue weighted by Gasteiger charge is 2.48. The number of ether oxygens (including phenoxy) is 3. The number of hydrogen-bond acceptors (Lipinski definition) is 7. The molecule has 0 aliphatic rings. The fraction of sp³-hybridized carbons (Fsp3) is 0.429. The highest BCUT2D eigenvalue weighted by Crippen LogP contribution is 2.30. The Morgan fingerprint density at radius 2 is 1.64 bits per heavy atom. The van der Waals surface area contributed by atoms with E-state index in [1.165, 1.54) is 24.3 Å². The second-order valence-electron chi connectivity index (χ2n) is 4.30. The molecule has 8 heteroatoms. The number of para-hydroxylation sites is 2. The lowest BCUT2D eigenvalue weighted by molar-refractivity contribution is -0.386. The van der Waals surface area contributed by atoms with Crippen molar-refractivity contribution in [3.63, 3.8) is 0 Å². The van der Waals surface area contributed by atoms with Gasteiger partial charge in [0.1, 0.15) is 0 Å². The molecule has 0 spiro atoms. The van der Waals surface area contributed by atoms with Crippen molar-refractivity contribution in [2.45, 2.75) is 26.4 Å². The molecule has 22 heavy (non-hydrogen) atoms. The molecule has 0 radical (unpaired) electrons. The van der Waals surface area contributed by atoms with Gasteiger partial charge in [0.25, 0.3) is 5.60 Å². The van der Waals surface area contributed by atoms with Crippen LogP contribution in [0.15, 0.2) is 24.3 Å². The lowest BCUT2D eigenvalue weighted by atomic mass is 10.1. The van der Waals surface area contributed by atoms with E-state index in [1.807, 2.05) is 0 Å². The van der Waals surface area contributed by atoms with Crippen LogP contribution in [0, 0.1) is 10.1 Å². The van der Waals surface area contributed by atoms with Gasteiger partial charge in [0.05, 0.1) is 18.1 Å². The van der Waals surface area contributed by atoms with Gasteiger partial charge in [-0.25, -0.2) is 9.59 Å². The van der Waals surface area contributed by atoms with Crippen LogP contribution in [0.4, 0.5) is 5.69 Å². The minimum absolute atomic E-state index is 0.0219. The smallest absolute Gasteiger partial charge is 0.362 e. The Labute approximate surface area is 127 Å². The van der Waals surface area contributed by atoms with Crippen molar-refractivity contribution in [3.8, 4) is 5.75 Å². The van der Waals surface area contributed by atoms with Crippen LogP contribution in [0.5, 0.6) is 5.75 Å². The SMILES string of the molecule is CCOC(=O)C(C)(Oc1ccccc1[N+](=O)[O-])C(=O)OCC. The number of carbonyl (C=O) groups excluding carboxylic acids is 2. The normalized spacial score (nSPS) is 10.7. The molecule has 0 atom stereocenters. The molecule has 0 aliphatic heterocycles. The van der Waals surface area contributed by atoms with Crippen molar-refractivity contribution in [2.24, 2.45) is 0 Å². The Kier molecular flexibility index (Phi) is 5.85. The summed E-state index contributed by atoms with van der Waals surface area (Å²) >= 11 is 0. The maximum Gasteiger partial charge on any atom is 0.362 e. The highest BCUT2D eigenvalue weighted by molar-refractivity contribution is 6.03. The van der Waals surface area contributed by atoms with Crippen LogP contribution in [0.1, 0.15) is 20.8 Å². The van der Waals surface area contributed by atoms with Crippen LogP contribution in [0.25, 0.3) is 0 Å². The van der Waals surface area contributed by atoms with Crippen LogP contribution in [-0.2, 0) is 19.1 Å². The standard InChI is InChI=1S/C14H17NO7/c1-4-20-12(16)14(3,13(17)21-5-2)22-11-9-7-6-8-10(11)15(18)19/h6-9H,4-5H2,1-3H3. The Bertz CT molecular complexity index is 552. The van der Waals surface area contributed by atoms with Crippen molar-refractivity contribution in [1.82, 2.24) is 0 Å². The van der Waals surface area contributed by atoms with E-state index in [1.54, 1.807) is 13.8 Å². The Balaban J connectivity index is 3.22. The van der Waals surface area contributed by atoms with Crippen molar-refractivity contribution < 1.29 is 28.7 Å². The maximum absolute atomic E-state index is 12.0. The van der Waals surface area contributed by atoms with Crippen molar-refractivity contribution >= 4 is 17.6 Å². The van der Waals surface area contributed by atoms with E-state index >= 15 is 0 Å². The average Bonchev–Trinajstić information content (AvgIpc) is 2.47. The third-order valence-electron chi connectivity index (χ3n) is 2.71. The third-order valence-corrected chi connectivity index (χ3v) is 2.71. The van der Waals surface area contributed by atoms with E-state index in [2.05, 4.69) is 0 Å². The zero-order valence-corrected chi connectivity index (χ0v) is 12.5. The first-order valence-corrected chi connectivity index (χ1v) is 6.63. The zero-order chi connectivity index (χ0) is 16.8. The van der Waals surface area contributed by atoms with Gasteiger partial charge in [0, 0.05) is 6.07 Å². The maximum atomic E-state index is 12.0. The summed E-state index contributed by atoms with van der Waals surface area (Å²) in [6.07, 6.45) is 0. The van der Waals surface area contributed by atoms with Gasteiger partial charge in [0.2, 0.25) is 0 Å². The van der Waals surface area contributed by atoms with Crippen molar-refractivity contribution in [3.05, 3.63) is 34.4 Å². The second kappa shape index (κ2) is 7.39. The number of hydrogen-bond donors (Lipinski definition) is 0. The molecule has 0 unspecified atom stereocenters. The van der Waals surface area contributed by atoms with E-state index in [4.69, 9.17) is 14.2 Å². The van der Waals surface area contributed by atoms with E-state index < -0.39 is 22.5 Å². The van der Waals surface area contributed by atoms with Gasteiger partial charge < -0.3 is 14.2 Å². The fourth-order valence-electron chi connectivity index (χ4n) is 1.62. The molecule has 0 aliphatic carbocycles. The number of nitrogens with zero attached hydrogens (tertiary/aromatic N) is 1. The Hall–Kier alpha value is -2.64. The first kappa shape index (κ1) is 17.4. The molecule has 0 amide bonds. The number of esters is 2. The number of rotatable bonds is 7. The molecular formula is C14H17NO7. The van der Waals surface area contributed by atoms with Crippen LogP contribution >= 0.6 is 0 Å². The summed E-state index contributed by atoms with van der Waals surface area (Å²) in [6.45, 7) is 4.32. The first-order valence-electron chi connectivity index (χ1n) is 6.63. The predicted octanol–water partition coefficient (Wildman–Crippen LogP) is 1.86. The molecule has 1 aromatic carbocycles. The van der Waals surface area contributed by atoms with Crippen molar-refractivity contribution in [2.75, 3.05) is 13.2 Å². The number of nitro benzene ring substituents is 1. The van der Waals surface area contributed by atoms with Gasteiger partial charge >= 0.3 is 17.6 Å². The first-order chi connectivity index (χ1) is 10.4. The van der Waals surface area contributed by atoms with E-state index in [-0.39, 0.29) is 24.7 Å². The van der Waals surface area contributed by atoms with Gasteiger partial charge in [-0.1, -0.05) is 12.1 Å². The van der Waals surface area contributed by atoms with Gasteiger partial charge in [-0.2, -0.15) is 0 Å². The summed E-state index contributed by atoms with van der Waals surface area (Å²) < 4.78 is 15.0. The molecule has 1 aromatic rings. The van der Waals surface area contributed by atoms with Gasteiger partial charge in [-0.15, -0.1) is 0 Å². The molecule has 0 bridgehead atoms. The van der Waals surface area contributed by atoms with Crippen LogP contribution in [-0.4, -0.2) is 35.7 Å². The summed E-state index contributed by atoms with van der Waals surface area (Å²) in [6, 6.07) is 5.41. The van der Waals surface area contributed by atoms with Gasteiger partial charge in [0.15, 0.2) is 5.75 Å². The quantitative estimate of drug-likeness (QED) is 0.327. The summed E-state index contributed by atoms with van der Waals surface area (Å²) in [7, 11) is 0. The fourth-order valence-corrected chi connectivity index (χ4v) is 1.62. The Morgan fingerprint density at radius 1 is 1.14 bits per heavy atom. The summed E-state index contributed by atoms with van der Waals surface area (Å²) in [5.41, 5.74) is -2.50. The number of carbonyl (C=O) groups is 2. The zero-order valence-electron chi connectivity index (χ0n) is 12.5. The lowest BCUT2D eigenvalue weighted by Crippen LogP contribution is -2.51. The highest BCUT2D eigenvalue weighted by atomic mass is 16.6. The monoisotopic (exact) mass is 311 g/mol. The van der Waals surface area contributed by atoms with E-state index in [0.29, 0.717) is 0 Å². The molecule has 0 saturated carbocycles. The minimum Gasteiger partial charge on any atom is -0.463 e. The van der Waals surface area contributed by atoms with Crippen LogP contribution in [0.2, 0.25) is 0 Å². The third kappa shape index (κ3) is 3.72. The second-order valence-corrected chi connectivity index (χ2v) is 4.30. The van der Waals surface area contributed by atoms with Gasteiger partial charge in [-0.05, 0) is 26.8 Å². The predicted molar refractivity (Wildman–Crippen MR) is 75.4 cm³/mol. The molecule has 1 rings (SSSR count). The van der Waals surface area contributed by atoms with Crippen molar-refractivity contribution in [1.29, 1.82) is 0 Å². The molecule has 0 aromatic heterocycles. The number of benzene rings is 1. The van der Waals surface area contributed by atoms with Crippen LogP contribution < -0.4 is 4.74 Å². The van der Waals surface area contributed by atoms with E-state index in [9.17, 15) is 19.7 Å². The Morgan fingerprint density at radius 3 is 2.09 bits per heavy atom.